The Bertz CT molecular complexity index is 1070. The fourth-order valence-corrected chi connectivity index (χ4v) is 6.17. The van der Waals surface area contributed by atoms with Crippen molar-refractivity contribution < 1.29 is 18.7 Å². The zero-order chi connectivity index (χ0) is 22.6. The van der Waals surface area contributed by atoms with Crippen LogP contribution in [0.25, 0.3) is 0 Å². The van der Waals surface area contributed by atoms with Gasteiger partial charge in [0, 0.05) is 23.5 Å². The molecule has 3 aromatic rings. The number of aryl methyl sites for hydroxylation is 1. The lowest BCUT2D eigenvalue weighted by Crippen LogP contribution is -2.40. The molecule has 3 heterocycles. The molecule has 1 amide bonds. The number of nitrogens with one attached hydrogen (secondary N) is 1. The number of ether oxygens (including phenoxy) is 2. The summed E-state index contributed by atoms with van der Waals surface area (Å²) in [5.74, 6) is 1.00. The van der Waals surface area contributed by atoms with Gasteiger partial charge in [0.15, 0.2) is 5.76 Å². The van der Waals surface area contributed by atoms with Crippen LogP contribution in [0.4, 0.5) is 5.00 Å². The monoisotopic (exact) mass is 466 g/mol. The summed E-state index contributed by atoms with van der Waals surface area (Å²) in [6, 6.07) is 11.9. The van der Waals surface area contributed by atoms with Crippen LogP contribution in [-0.4, -0.2) is 43.7 Å². The number of nitrogens with zero attached hydrogens (tertiary/aromatic N) is 1. The molecule has 1 saturated heterocycles. The second kappa shape index (κ2) is 10.1. The first kappa shape index (κ1) is 22.2. The van der Waals surface area contributed by atoms with Crippen molar-refractivity contribution in [2.24, 2.45) is 0 Å². The zero-order valence-corrected chi connectivity index (χ0v) is 19.8. The van der Waals surface area contributed by atoms with Gasteiger partial charge in [-0.05, 0) is 68.0 Å². The van der Waals surface area contributed by atoms with Gasteiger partial charge in [0.1, 0.15) is 10.8 Å². The Morgan fingerprint density at radius 3 is 2.67 bits per heavy atom. The SMILES string of the molecule is CCOc1ccc([C@H](c2c(NC(=O)c3ccco3)sc3c2CCCC3)N2CCOCC2)cc1. The van der Waals surface area contributed by atoms with E-state index in [2.05, 4.69) is 22.3 Å². The van der Waals surface area contributed by atoms with Gasteiger partial charge in [0.2, 0.25) is 0 Å². The van der Waals surface area contributed by atoms with Crippen molar-refractivity contribution >= 4 is 22.2 Å². The number of rotatable bonds is 7. The van der Waals surface area contributed by atoms with E-state index in [0.29, 0.717) is 25.6 Å². The molecule has 0 bridgehead atoms. The molecule has 2 aliphatic rings. The van der Waals surface area contributed by atoms with E-state index in [1.54, 1.807) is 23.5 Å². The molecule has 1 aliphatic heterocycles. The molecule has 0 radical (unpaired) electrons. The number of benzene rings is 1. The number of fused-ring (bicyclic) bond motifs is 1. The van der Waals surface area contributed by atoms with E-state index in [1.807, 2.05) is 19.1 Å². The zero-order valence-electron chi connectivity index (χ0n) is 19.0. The number of morpholine rings is 1. The molecule has 0 unspecified atom stereocenters. The van der Waals surface area contributed by atoms with E-state index < -0.39 is 0 Å². The highest BCUT2D eigenvalue weighted by molar-refractivity contribution is 7.16. The molecule has 0 saturated carbocycles. The van der Waals surface area contributed by atoms with Crippen LogP contribution in [-0.2, 0) is 17.6 Å². The molecule has 1 aliphatic carbocycles. The predicted molar refractivity (Wildman–Crippen MR) is 129 cm³/mol. The second-order valence-corrected chi connectivity index (χ2v) is 9.54. The maximum Gasteiger partial charge on any atom is 0.291 e. The lowest BCUT2D eigenvalue weighted by Gasteiger charge is -2.36. The average molecular weight is 467 g/mol. The summed E-state index contributed by atoms with van der Waals surface area (Å²) in [6.07, 6.45) is 6.04. The number of carbonyl (C=O) groups excluding carboxylic acids is 1. The Morgan fingerprint density at radius 1 is 1.15 bits per heavy atom. The molecular formula is C26H30N2O4S. The van der Waals surface area contributed by atoms with Gasteiger partial charge in [0.25, 0.3) is 5.91 Å². The average Bonchev–Trinajstić information content (AvgIpc) is 3.50. The van der Waals surface area contributed by atoms with Gasteiger partial charge in [-0.3, -0.25) is 9.69 Å². The Kier molecular flexibility index (Phi) is 6.80. The van der Waals surface area contributed by atoms with Crippen LogP contribution in [0.2, 0.25) is 0 Å². The first-order valence-electron chi connectivity index (χ1n) is 11.8. The highest BCUT2D eigenvalue weighted by Gasteiger charge is 2.33. The maximum absolute atomic E-state index is 12.9. The second-order valence-electron chi connectivity index (χ2n) is 8.44. The molecule has 1 fully saturated rings. The van der Waals surface area contributed by atoms with Crippen molar-refractivity contribution in [3.05, 3.63) is 70.0 Å². The number of amides is 1. The summed E-state index contributed by atoms with van der Waals surface area (Å²) in [5, 5.41) is 4.13. The largest absolute Gasteiger partial charge is 0.494 e. The highest BCUT2D eigenvalue weighted by atomic mass is 32.1. The molecule has 174 valence electrons. The molecule has 1 aromatic carbocycles. The van der Waals surface area contributed by atoms with E-state index in [1.165, 1.54) is 40.7 Å². The number of thiophene rings is 1. The van der Waals surface area contributed by atoms with Crippen LogP contribution < -0.4 is 10.1 Å². The molecule has 5 rings (SSSR count). The minimum Gasteiger partial charge on any atom is -0.494 e. The topological polar surface area (TPSA) is 63.9 Å². The third kappa shape index (κ3) is 4.71. The fraction of sp³-hybridized carbons (Fsp3) is 0.423. The third-order valence-electron chi connectivity index (χ3n) is 6.38. The summed E-state index contributed by atoms with van der Waals surface area (Å²) >= 11 is 1.73. The molecule has 6 nitrogen and oxygen atoms in total. The Hall–Kier alpha value is -2.61. The van der Waals surface area contributed by atoms with Crippen molar-refractivity contribution in [3.8, 4) is 5.75 Å². The van der Waals surface area contributed by atoms with Gasteiger partial charge in [0.05, 0.1) is 32.1 Å². The Labute approximate surface area is 198 Å². The van der Waals surface area contributed by atoms with Crippen LogP contribution in [0.15, 0.2) is 47.1 Å². The van der Waals surface area contributed by atoms with Crippen molar-refractivity contribution in [1.82, 2.24) is 4.90 Å². The first-order chi connectivity index (χ1) is 16.2. The smallest absolute Gasteiger partial charge is 0.291 e. The van der Waals surface area contributed by atoms with Crippen molar-refractivity contribution in [1.29, 1.82) is 0 Å². The number of anilines is 1. The molecule has 7 heteroatoms. The quantitative estimate of drug-likeness (QED) is 0.512. The third-order valence-corrected chi connectivity index (χ3v) is 7.60. The number of hydrogen-bond donors (Lipinski definition) is 1. The molecule has 1 N–H and O–H groups in total. The molecule has 33 heavy (non-hydrogen) atoms. The van der Waals surface area contributed by atoms with Crippen molar-refractivity contribution in [2.75, 3.05) is 38.2 Å². The van der Waals surface area contributed by atoms with Crippen LogP contribution >= 0.6 is 11.3 Å². The minimum atomic E-state index is -0.202. The lowest BCUT2D eigenvalue weighted by atomic mass is 9.88. The summed E-state index contributed by atoms with van der Waals surface area (Å²) in [5.41, 5.74) is 3.85. The van der Waals surface area contributed by atoms with E-state index in [4.69, 9.17) is 13.9 Å². The van der Waals surface area contributed by atoms with Gasteiger partial charge < -0.3 is 19.2 Å². The van der Waals surface area contributed by atoms with Crippen LogP contribution in [0.1, 0.15) is 57.9 Å². The van der Waals surface area contributed by atoms with Crippen LogP contribution in [0.3, 0.4) is 0 Å². The minimum absolute atomic E-state index is 0.0505. The Balaban J connectivity index is 1.58. The highest BCUT2D eigenvalue weighted by Crippen LogP contribution is 2.46. The predicted octanol–water partition coefficient (Wildman–Crippen LogP) is 5.29. The van der Waals surface area contributed by atoms with Crippen LogP contribution in [0, 0.1) is 0 Å². The fourth-order valence-electron chi connectivity index (χ4n) is 4.85. The number of carbonyl (C=O) groups is 1. The number of furan rings is 1. The van der Waals surface area contributed by atoms with Crippen LogP contribution in [0.5, 0.6) is 5.75 Å². The first-order valence-corrected chi connectivity index (χ1v) is 12.6. The van der Waals surface area contributed by atoms with Crippen molar-refractivity contribution in [3.63, 3.8) is 0 Å². The van der Waals surface area contributed by atoms with Gasteiger partial charge in [-0.25, -0.2) is 0 Å². The van der Waals surface area contributed by atoms with Gasteiger partial charge in [-0.1, -0.05) is 12.1 Å². The summed E-state index contributed by atoms with van der Waals surface area (Å²) in [4.78, 5) is 16.8. The van der Waals surface area contributed by atoms with Crippen molar-refractivity contribution in [2.45, 2.75) is 38.6 Å². The molecular weight excluding hydrogens is 436 g/mol. The standard InChI is InChI=1S/C26H30N2O4S/c1-2-31-19-11-9-18(10-12-19)24(28-13-16-30-17-14-28)23-20-6-3-4-8-22(20)33-26(23)27-25(29)21-7-5-15-32-21/h5,7,9-12,15,24H,2-4,6,8,13-14,16-17H2,1H3,(H,27,29)/t24-/m1/s1. The van der Waals surface area contributed by atoms with E-state index >= 15 is 0 Å². The number of hydrogen-bond acceptors (Lipinski definition) is 6. The summed E-state index contributed by atoms with van der Waals surface area (Å²) < 4.78 is 16.7. The molecule has 1 atom stereocenters. The van der Waals surface area contributed by atoms with E-state index in [-0.39, 0.29) is 11.9 Å². The summed E-state index contributed by atoms with van der Waals surface area (Å²) in [6.45, 7) is 5.79. The van der Waals surface area contributed by atoms with Gasteiger partial charge in [-0.15, -0.1) is 11.3 Å². The maximum atomic E-state index is 12.9. The normalized spacial score (nSPS) is 17.4. The molecule has 0 spiro atoms. The Morgan fingerprint density at radius 2 is 1.94 bits per heavy atom. The summed E-state index contributed by atoms with van der Waals surface area (Å²) in [7, 11) is 0. The van der Waals surface area contributed by atoms with Gasteiger partial charge >= 0.3 is 0 Å². The lowest BCUT2D eigenvalue weighted by molar-refractivity contribution is 0.0239. The van der Waals surface area contributed by atoms with E-state index in [9.17, 15) is 4.79 Å². The van der Waals surface area contributed by atoms with E-state index in [0.717, 1.165) is 36.7 Å². The van der Waals surface area contributed by atoms with Gasteiger partial charge in [-0.2, -0.15) is 0 Å². The molecule has 2 aromatic heterocycles.